The van der Waals surface area contributed by atoms with Gasteiger partial charge in [0.1, 0.15) is 6.26 Å². The van der Waals surface area contributed by atoms with Gasteiger partial charge in [-0.05, 0) is 36.6 Å². The third kappa shape index (κ3) is 2.84. The Labute approximate surface area is 140 Å². The Bertz CT molecular complexity index is 827. The number of hydrogen-bond donors (Lipinski definition) is 0. The van der Waals surface area contributed by atoms with Gasteiger partial charge >= 0.3 is 0 Å². The highest BCUT2D eigenvalue weighted by Crippen LogP contribution is 2.30. The van der Waals surface area contributed by atoms with Gasteiger partial charge in [-0.15, -0.1) is 0 Å². The minimum atomic E-state index is 0.580. The van der Waals surface area contributed by atoms with Crippen molar-refractivity contribution in [3.63, 3.8) is 0 Å². The second-order valence-corrected chi connectivity index (χ2v) is 6.18. The highest BCUT2D eigenvalue weighted by molar-refractivity contribution is 6.33. The van der Waals surface area contributed by atoms with Gasteiger partial charge in [-0.25, -0.2) is 4.98 Å². The first-order valence-corrected chi connectivity index (χ1v) is 8.21. The van der Waals surface area contributed by atoms with Crippen molar-refractivity contribution in [1.82, 2.24) is 4.98 Å². The molecule has 0 fully saturated rings. The molecular weight excluding hydrogens is 308 g/mol. The molecule has 2 heterocycles. The van der Waals surface area contributed by atoms with E-state index in [1.807, 2.05) is 24.3 Å². The second-order valence-electron chi connectivity index (χ2n) is 5.78. The monoisotopic (exact) mass is 324 g/mol. The number of anilines is 1. The van der Waals surface area contributed by atoms with E-state index in [9.17, 15) is 0 Å². The molecule has 0 N–H and O–H groups in total. The van der Waals surface area contributed by atoms with E-state index in [4.69, 9.17) is 16.0 Å². The smallest absolute Gasteiger partial charge is 0.227 e. The summed E-state index contributed by atoms with van der Waals surface area (Å²) in [5, 5.41) is 0.657. The van der Waals surface area contributed by atoms with Gasteiger partial charge in [0.15, 0.2) is 0 Å². The van der Waals surface area contributed by atoms with Crippen molar-refractivity contribution in [2.45, 2.75) is 19.4 Å². The molecule has 0 spiro atoms. The summed E-state index contributed by atoms with van der Waals surface area (Å²) >= 11 is 6.22. The first-order valence-electron chi connectivity index (χ1n) is 7.83. The number of para-hydroxylation sites is 1. The van der Waals surface area contributed by atoms with E-state index in [-0.39, 0.29) is 0 Å². The molecule has 23 heavy (non-hydrogen) atoms. The quantitative estimate of drug-likeness (QED) is 0.682. The van der Waals surface area contributed by atoms with Crippen molar-refractivity contribution < 1.29 is 4.42 Å². The van der Waals surface area contributed by atoms with Crippen LogP contribution in [0.1, 0.15) is 17.7 Å². The van der Waals surface area contributed by atoms with Gasteiger partial charge in [-0.3, -0.25) is 0 Å². The fourth-order valence-electron chi connectivity index (χ4n) is 3.11. The van der Waals surface area contributed by atoms with Crippen LogP contribution in [0, 0.1) is 0 Å². The third-order valence-corrected chi connectivity index (χ3v) is 4.54. The lowest BCUT2D eigenvalue weighted by Crippen LogP contribution is -2.28. The first-order chi connectivity index (χ1) is 11.3. The maximum absolute atomic E-state index is 6.22. The summed E-state index contributed by atoms with van der Waals surface area (Å²) in [7, 11) is 0. The first kappa shape index (κ1) is 14.3. The highest BCUT2D eigenvalue weighted by atomic mass is 35.5. The van der Waals surface area contributed by atoms with E-state index in [0.717, 1.165) is 30.8 Å². The zero-order chi connectivity index (χ0) is 15.6. The largest absolute Gasteiger partial charge is 0.444 e. The van der Waals surface area contributed by atoms with Crippen molar-refractivity contribution in [3.8, 4) is 11.5 Å². The molecule has 1 aromatic heterocycles. The molecule has 2 aromatic carbocycles. The zero-order valence-corrected chi connectivity index (χ0v) is 13.5. The van der Waals surface area contributed by atoms with Gasteiger partial charge in [-0.1, -0.05) is 41.9 Å². The van der Waals surface area contributed by atoms with Crippen molar-refractivity contribution >= 4 is 17.3 Å². The van der Waals surface area contributed by atoms with E-state index in [0.29, 0.717) is 10.9 Å². The van der Waals surface area contributed by atoms with Gasteiger partial charge in [0, 0.05) is 12.2 Å². The minimum absolute atomic E-state index is 0.580. The summed E-state index contributed by atoms with van der Waals surface area (Å²) < 4.78 is 5.64. The van der Waals surface area contributed by atoms with Crippen molar-refractivity contribution in [1.29, 1.82) is 0 Å². The van der Waals surface area contributed by atoms with Gasteiger partial charge in [0.25, 0.3) is 0 Å². The Balaban J connectivity index is 1.59. The lowest BCUT2D eigenvalue weighted by atomic mass is 10.0. The standard InChI is InChI=1S/C19H17ClN2O/c20-17-9-3-2-8-16(17)19-21-15(13-23-19)12-22-11-5-7-14-6-1-4-10-18(14)22/h1-4,6,8-10,13H,5,7,11-12H2. The third-order valence-electron chi connectivity index (χ3n) is 4.22. The zero-order valence-electron chi connectivity index (χ0n) is 12.7. The van der Waals surface area contributed by atoms with Crippen LogP contribution >= 0.6 is 11.6 Å². The van der Waals surface area contributed by atoms with Gasteiger partial charge < -0.3 is 9.32 Å². The minimum Gasteiger partial charge on any atom is -0.444 e. The summed E-state index contributed by atoms with van der Waals surface area (Å²) in [4.78, 5) is 6.98. The number of nitrogens with zero attached hydrogens (tertiary/aromatic N) is 2. The fraction of sp³-hybridized carbons (Fsp3) is 0.211. The number of fused-ring (bicyclic) bond motifs is 1. The summed E-state index contributed by atoms with van der Waals surface area (Å²) in [6.45, 7) is 1.80. The maximum atomic E-state index is 6.22. The number of rotatable bonds is 3. The Morgan fingerprint density at radius 2 is 1.91 bits per heavy atom. The summed E-state index contributed by atoms with van der Waals surface area (Å²) in [6, 6.07) is 16.2. The van der Waals surface area contributed by atoms with E-state index < -0.39 is 0 Å². The van der Waals surface area contributed by atoms with Crippen LogP contribution in [0.5, 0.6) is 0 Å². The number of hydrogen-bond acceptors (Lipinski definition) is 3. The molecule has 0 saturated carbocycles. The lowest BCUT2D eigenvalue weighted by molar-refractivity contribution is 0.571. The lowest BCUT2D eigenvalue weighted by Gasteiger charge is -2.30. The Hall–Kier alpha value is -2.26. The average Bonchev–Trinajstić information content (AvgIpc) is 3.04. The van der Waals surface area contributed by atoms with E-state index in [1.54, 1.807) is 6.26 Å². The molecule has 1 aliphatic rings. The second kappa shape index (κ2) is 6.09. The molecule has 0 unspecified atom stereocenters. The summed E-state index contributed by atoms with van der Waals surface area (Å²) in [6.07, 6.45) is 4.05. The Kier molecular flexibility index (Phi) is 3.80. The molecule has 3 nitrogen and oxygen atoms in total. The van der Waals surface area contributed by atoms with Gasteiger partial charge in [0.05, 0.1) is 22.8 Å². The van der Waals surface area contributed by atoms with Crippen LogP contribution in [0.3, 0.4) is 0 Å². The van der Waals surface area contributed by atoms with Gasteiger partial charge in [-0.2, -0.15) is 0 Å². The molecule has 116 valence electrons. The summed E-state index contributed by atoms with van der Waals surface area (Å²) in [5.74, 6) is 0.580. The SMILES string of the molecule is Clc1ccccc1-c1nc(CN2CCCc3ccccc32)co1. The number of halogens is 1. The molecule has 0 amide bonds. The number of oxazole rings is 1. The van der Waals surface area contributed by atoms with Crippen LogP contribution in [0.4, 0.5) is 5.69 Å². The average molecular weight is 325 g/mol. The van der Waals surface area contributed by atoms with Crippen LogP contribution in [-0.4, -0.2) is 11.5 Å². The normalized spacial score (nSPS) is 13.9. The number of aromatic nitrogens is 1. The van der Waals surface area contributed by atoms with Crippen LogP contribution in [0.25, 0.3) is 11.5 Å². The van der Waals surface area contributed by atoms with Crippen molar-refractivity contribution in [3.05, 3.63) is 71.1 Å². The fourth-order valence-corrected chi connectivity index (χ4v) is 3.33. The molecule has 0 aliphatic carbocycles. The van der Waals surface area contributed by atoms with Gasteiger partial charge in [0.2, 0.25) is 5.89 Å². The van der Waals surface area contributed by atoms with E-state index in [1.165, 1.54) is 17.7 Å². The molecule has 0 saturated heterocycles. The highest BCUT2D eigenvalue weighted by Gasteiger charge is 2.18. The summed E-state index contributed by atoms with van der Waals surface area (Å²) in [5.41, 5.74) is 4.48. The number of aryl methyl sites for hydroxylation is 1. The Morgan fingerprint density at radius 3 is 2.83 bits per heavy atom. The predicted molar refractivity (Wildman–Crippen MR) is 92.8 cm³/mol. The maximum Gasteiger partial charge on any atom is 0.227 e. The van der Waals surface area contributed by atoms with E-state index in [2.05, 4.69) is 34.1 Å². The van der Waals surface area contributed by atoms with Crippen LogP contribution in [0.15, 0.2) is 59.2 Å². The topological polar surface area (TPSA) is 29.3 Å². The molecule has 0 atom stereocenters. The van der Waals surface area contributed by atoms with Crippen LogP contribution < -0.4 is 4.90 Å². The molecular formula is C19H17ClN2O. The molecule has 4 heteroatoms. The van der Waals surface area contributed by atoms with Crippen molar-refractivity contribution in [2.24, 2.45) is 0 Å². The molecule has 0 radical (unpaired) electrons. The van der Waals surface area contributed by atoms with E-state index >= 15 is 0 Å². The van der Waals surface area contributed by atoms with Crippen LogP contribution in [-0.2, 0) is 13.0 Å². The predicted octanol–water partition coefficient (Wildman–Crippen LogP) is 4.95. The molecule has 3 aromatic rings. The molecule has 0 bridgehead atoms. The van der Waals surface area contributed by atoms with Crippen LogP contribution in [0.2, 0.25) is 5.02 Å². The molecule has 4 rings (SSSR count). The van der Waals surface area contributed by atoms with Crippen molar-refractivity contribution in [2.75, 3.05) is 11.4 Å². The Morgan fingerprint density at radius 1 is 1.09 bits per heavy atom. The molecule has 1 aliphatic heterocycles. The number of benzene rings is 2.